The Balaban J connectivity index is 0. The number of nitrogens with one attached hydrogen (secondary N) is 1. The minimum Gasteiger partial charge on any atom is -0.259 e. The maximum absolute atomic E-state index is 4.12. The Labute approximate surface area is 105 Å². The smallest absolute Gasteiger partial charge is 0.111 e. The Kier molecular flexibility index (Phi) is 15.6. The number of pyridine rings is 1. The number of hydrogen-bond acceptors (Lipinski definition) is 3. The van der Waals surface area contributed by atoms with E-state index in [2.05, 4.69) is 23.2 Å². The summed E-state index contributed by atoms with van der Waals surface area (Å²) < 4.78 is 3.12. The van der Waals surface area contributed by atoms with E-state index in [0.29, 0.717) is 0 Å². The SMILES string of the molecule is C=C(C)C.CC.CCNSc1ccccn1. The van der Waals surface area contributed by atoms with Crippen LogP contribution in [-0.2, 0) is 0 Å². The molecule has 0 amide bonds. The van der Waals surface area contributed by atoms with Crippen LogP contribution >= 0.6 is 11.9 Å². The van der Waals surface area contributed by atoms with Gasteiger partial charge in [0.2, 0.25) is 0 Å². The highest BCUT2D eigenvalue weighted by Crippen LogP contribution is 2.07. The molecule has 0 saturated heterocycles. The Hall–Kier alpha value is -0.800. The molecule has 2 nitrogen and oxygen atoms in total. The molecule has 1 rings (SSSR count). The van der Waals surface area contributed by atoms with E-state index >= 15 is 0 Å². The summed E-state index contributed by atoms with van der Waals surface area (Å²) in [6.07, 6.45) is 1.79. The highest BCUT2D eigenvalue weighted by molar-refractivity contribution is 7.97. The zero-order chi connectivity index (χ0) is 12.8. The van der Waals surface area contributed by atoms with Crippen LogP contribution in [0.2, 0.25) is 0 Å². The lowest BCUT2D eigenvalue weighted by Crippen LogP contribution is -2.00. The Morgan fingerprint density at radius 2 is 1.94 bits per heavy atom. The molecule has 0 aliphatic heterocycles. The van der Waals surface area contributed by atoms with Crippen LogP contribution in [0.15, 0.2) is 41.6 Å². The van der Waals surface area contributed by atoms with Gasteiger partial charge >= 0.3 is 0 Å². The fraction of sp³-hybridized carbons (Fsp3) is 0.462. The molecule has 1 aromatic rings. The number of nitrogens with zero attached hydrogens (tertiary/aromatic N) is 1. The first-order valence-corrected chi connectivity index (χ1v) is 6.41. The van der Waals surface area contributed by atoms with Crippen molar-refractivity contribution < 1.29 is 0 Å². The summed E-state index contributed by atoms with van der Waals surface area (Å²) in [6.45, 7) is 14.5. The van der Waals surface area contributed by atoms with Crippen molar-refractivity contribution in [2.75, 3.05) is 6.54 Å². The van der Waals surface area contributed by atoms with Gasteiger partial charge in [-0.15, -0.1) is 6.58 Å². The van der Waals surface area contributed by atoms with Crippen molar-refractivity contribution in [1.82, 2.24) is 9.71 Å². The Morgan fingerprint density at radius 1 is 1.38 bits per heavy atom. The molecule has 0 unspecified atom stereocenters. The molecule has 1 N–H and O–H groups in total. The van der Waals surface area contributed by atoms with Crippen LogP contribution in [0.3, 0.4) is 0 Å². The molecule has 0 spiro atoms. The average Bonchev–Trinajstić information content (AvgIpc) is 2.30. The van der Waals surface area contributed by atoms with Crippen molar-refractivity contribution in [3.63, 3.8) is 0 Å². The summed E-state index contributed by atoms with van der Waals surface area (Å²) in [7, 11) is 0. The summed E-state index contributed by atoms with van der Waals surface area (Å²) in [5, 5.41) is 1.02. The number of allylic oxidation sites excluding steroid dienone is 1. The fourth-order valence-electron chi connectivity index (χ4n) is 0.554. The molecular formula is C13H24N2S. The molecule has 0 bridgehead atoms. The topological polar surface area (TPSA) is 24.9 Å². The highest BCUT2D eigenvalue weighted by Gasteiger charge is 1.88. The molecule has 0 aliphatic rings. The first-order valence-electron chi connectivity index (χ1n) is 5.59. The largest absolute Gasteiger partial charge is 0.259 e. The lowest BCUT2D eigenvalue weighted by atomic mass is 10.4. The van der Waals surface area contributed by atoms with Crippen molar-refractivity contribution in [3.05, 3.63) is 36.5 Å². The van der Waals surface area contributed by atoms with Crippen LogP contribution < -0.4 is 4.72 Å². The van der Waals surface area contributed by atoms with Crippen LogP contribution in [0.5, 0.6) is 0 Å². The van der Waals surface area contributed by atoms with Gasteiger partial charge in [0.25, 0.3) is 0 Å². The second-order valence-corrected chi connectivity index (χ2v) is 3.89. The molecule has 3 heteroatoms. The van der Waals surface area contributed by atoms with Gasteiger partial charge in [-0.2, -0.15) is 0 Å². The third kappa shape index (κ3) is 15.7. The number of aromatic nitrogens is 1. The normalized spacial score (nSPS) is 8.06. The maximum atomic E-state index is 4.12. The fourth-order valence-corrected chi connectivity index (χ4v) is 1.11. The lowest BCUT2D eigenvalue weighted by Gasteiger charge is -1.97. The van der Waals surface area contributed by atoms with Gasteiger partial charge in [0.1, 0.15) is 5.03 Å². The van der Waals surface area contributed by atoms with Crippen LogP contribution in [0, 0.1) is 0 Å². The molecule has 1 aromatic heterocycles. The van der Waals surface area contributed by atoms with E-state index in [1.54, 1.807) is 18.1 Å². The Morgan fingerprint density at radius 3 is 2.31 bits per heavy atom. The van der Waals surface area contributed by atoms with Crippen molar-refractivity contribution >= 4 is 11.9 Å². The van der Waals surface area contributed by atoms with Gasteiger partial charge in [-0.3, -0.25) is 4.72 Å². The molecule has 16 heavy (non-hydrogen) atoms. The van der Waals surface area contributed by atoms with Crippen LogP contribution in [0.4, 0.5) is 0 Å². The molecule has 0 aliphatic carbocycles. The number of hydrogen-bond donors (Lipinski definition) is 1. The summed E-state index contributed by atoms with van der Waals surface area (Å²) in [5.74, 6) is 0. The van der Waals surface area contributed by atoms with Crippen molar-refractivity contribution in [3.8, 4) is 0 Å². The zero-order valence-electron chi connectivity index (χ0n) is 11.1. The molecule has 1 heterocycles. The van der Waals surface area contributed by atoms with E-state index in [-0.39, 0.29) is 0 Å². The quantitative estimate of drug-likeness (QED) is 0.629. The molecule has 0 fully saturated rings. The van der Waals surface area contributed by atoms with Crippen molar-refractivity contribution in [2.45, 2.75) is 39.6 Å². The second kappa shape index (κ2) is 14.2. The van der Waals surface area contributed by atoms with Crippen molar-refractivity contribution in [2.24, 2.45) is 0 Å². The molecule has 0 saturated carbocycles. The highest BCUT2D eigenvalue weighted by atomic mass is 32.2. The third-order valence-electron chi connectivity index (χ3n) is 0.959. The first-order chi connectivity index (χ1) is 7.66. The first kappa shape index (κ1) is 17.6. The molecular weight excluding hydrogens is 216 g/mol. The second-order valence-electron chi connectivity index (χ2n) is 2.98. The lowest BCUT2D eigenvalue weighted by molar-refractivity contribution is 1.02. The van der Waals surface area contributed by atoms with Gasteiger partial charge in [0.15, 0.2) is 0 Å². The maximum Gasteiger partial charge on any atom is 0.111 e. The van der Waals surface area contributed by atoms with Gasteiger partial charge in [0.05, 0.1) is 0 Å². The monoisotopic (exact) mass is 240 g/mol. The molecule has 0 atom stereocenters. The van der Waals surface area contributed by atoms with E-state index in [1.165, 1.54) is 5.57 Å². The standard InChI is InChI=1S/C7H10N2S.C4H8.C2H6/c1-2-9-10-7-5-3-4-6-8-7;1-4(2)3;1-2/h3-6,9H,2H2,1H3;1H2,2-3H3;1-2H3. The van der Waals surface area contributed by atoms with Gasteiger partial charge in [0, 0.05) is 12.7 Å². The minimum absolute atomic E-state index is 0.960. The van der Waals surface area contributed by atoms with E-state index in [1.807, 2.05) is 45.9 Å². The van der Waals surface area contributed by atoms with Crippen LogP contribution in [0.25, 0.3) is 0 Å². The third-order valence-corrected chi connectivity index (χ3v) is 1.84. The van der Waals surface area contributed by atoms with E-state index in [0.717, 1.165) is 11.6 Å². The summed E-state index contributed by atoms with van der Waals surface area (Å²) >= 11 is 1.56. The van der Waals surface area contributed by atoms with Crippen LogP contribution in [-0.4, -0.2) is 11.5 Å². The summed E-state index contributed by atoms with van der Waals surface area (Å²) in [4.78, 5) is 4.12. The van der Waals surface area contributed by atoms with E-state index in [4.69, 9.17) is 0 Å². The Bertz CT molecular complexity index is 243. The van der Waals surface area contributed by atoms with E-state index in [9.17, 15) is 0 Å². The predicted molar refractivity (Wildman–Crippen MR) is 75.6 cm³/mol. The van der Waals surface area contributed by atoms with Crippen LogP contribution in [0.1, 0.15) is 34.6 Å². The summed E-state index contributed by atoms with van der Waals surface area (Å²) in [6, 6.07) is 5.87. The molecule has 92 valence electrons. The molecule has 0 radical (unpaired) electrons. The van der Waals surface area contributed by atoms with Crippen molar-refractivity contribution in [1.29, 1.82) is 0 Å². The zero-order valence-corrected chi connectivity index (χ0v) is 11.9. The van der Waals surface area contributed by atoms with Gasteiger partial charge < -0.3 is 0 Å². The predicted octanol–water partition coefficient (Wildman–Crippen LogP) is 4.31. The average molecular weight is 240 g/mol. The molecule has 0 aromatic carbocycles. The van der Waals surface area contributed by atoms with E-state index < -0.39 is 0 Å². The minimum atomic E-state index is 0.960. The summed E-state index contributed by atoms with van der Waals surface area (Å²) in [5.41, 5.74) is 1.17. The van der Waals surface area contributed by atoms with Gasteiger partial charge in [-0.1, -0.05) is 32.4 Å². The number of rotatable bonds is 3. The van der Waals surface area contributed by atoms with Gasteiger partial charge in [-0.05, 0) is 37.9 Å². The van der Waals surface area contributed by atoms with Gasteiger partial charge in [-0.25, -0.2) is 4.98 Å².